The van der Waals surface area contributed by atoms with Gasteiger partial charge in [0.1, 0.15) is 5.82 Å². The third-order valence-electron chi connectivity index (χ3n) is 3.68. The Labute approximate surface area is 131 Å². The van der Waals surface area contributed by atoms with E-state index >= 15 is 0 Å². The monoisotopic (exact) mass is 308 g/mol. The SMILES string of the molecule is CC(C)CN1CCO[C@H](CNC(=O)Cc2ccccc2F)C1. The van der Waals surface area contributed by atoms with E-state index in [-0.39, 0.29) is 24.2 Å². The molecule has 0 aliphatic carbocycles. The second-order valence-electron chi connectivity index (χ2n) is 6.22. The van der Waals surface area contributed by atoms with Gasteiger partial charge in [-0.1, -0.05) is 32.0 Å². The molecule has 1 N–H and O–H groups in total. The highest BCUT2D eigenvalue weighted by molar-refractivity contribution is 5.78. The summed E-state index contributed by atoms with van der Waals surface area (Å²) in [5, 5.41) is 2.84. The average Bonchev–Trinajstić information content (AvgIpc) is 2.47. The maximum Gasteiger partial charge on any atom is 0.224 e. The van der Waals surface area contributed by atoms with Gasteiger partial charge in [0.2, 0.25) is 5.91 Å². The summed E-state index contributed by atoms with van der Waals surface area (Å²) in [6.45, 7) is 8.38. The van der Waals surface area contributed by atoms with Crippen LogP contribution in [-0.4, -0.2) is 49.7 Å². The summed E-state index contributed by atoms with van der Waals surface area (Å²) in [7, 11) is 0. The predicted molar refractivity (Wildman–Crippen MR) is 84.1 cm³/mol. The number of halogens is 1. The van der Waals surface area contributed by atoms with Gasteiger partial charge in [0, 0.05) is 26.2 Å². The van der Waals surface area contributed by atoms with Crippen LogP contribution in [0.2, 0.25) is 0 Å². The smallest absolute Gasteiger partial charge is 0.224 e. The second kappa shape index (κ2) is 8.25. The maximum absolute atomic E-state index is 13.5. The Morgan fingerprint density at radius 3 is 2.95 bits per heavy atom. The Bertz CT molecular complexity index is 493. The van der Waals surface area contributed by atoms with Crippen molar-refractivity contribution in [3.8, 4) is 0 Å². The van der Waals surface area contributed by atoms with Crippen molar-refractivity contribution in [2.24, 2.45) is 5.92 Å². The van der Waals surface area contributed by atoms with Crippen LogP contribution in [0.15, 0.2) is 24.3 Å². The molecule has 1 saturated heterocycles. The Hall–Kier alpha value is -1.46. The second-order valence-corrected chi connectivity index (χ2v) is 6.22. The summed E-state index contributed by atoms with van der Waals surface area (Å²) < 4.78 is 19.2. The first-order valence-corrected chi connectivity index (χ1v) is 7.88. The molecular weight excluding hydrogens is 283 g/mol. The van der Waals surface area contributed by atoms with Gasteiger partial charge in [0.15, 0.2) is 0 Å². The fraction of sp³-hybridized carbons (Fsp3) is 0.588. The van der Waals surface area contributed by atoms with Gasteiger partial charge in [-0.15, -0.1) is 0 Å². The molecule has 5 heteroatoms. The van der Waals surface area contributed by atoms with Crippen LogP contribution < -0.4 is 5.32 Å². The van der Waals surface area contributed by atoms with Crippen molar-refractivity contribution in [2.45, 2.75) is 26.4 Å². The van der Waals surface area contributed by atoms with Gasteiger partial charge in [-0.25, -0.2) is 4.39 Å². The molecule has 1 amide bonds. The van der Waals surface area contributed by atoms with Crippen LogP contribution in [0.5, 0.6) is 0 Å². The van der Waals surface area contributed by atoms with Crippen LogP contribution in [0.1, 0.15) is 19.4 Å². The number of rotatable bonds is 6. The summed E-state index contributed by atoms with van der Waals surface area (Å²) >= 11 is 0. The quantitative estimate of drug-likeness (QED) is 0.872. The average molecular weight is 308 g/mol. The minimum absolute atomic E-state index is 0.0112. The van der Waals surface area contributed by atoms with E-state index in [4.69, 9.17) is 4.74 Å². The molecule has 0 saturated carbocycles. The van der Waals surface area contributed by atoms with Crippen LogP contribution in [0.25, 0.3) is 0 Å². The number of carbonyl (C=O) groups excluding carboxylic acids is 1. The van der Waals surface area contributed by atoms with Gasteiger partial charge in [-0.05, 0) is 17.5 Å². The van der Waals surface area contributed by atoms with Crippen LogP contribution in [-0.2, 0) is 16.0 Å². The first-order chi connectivity index (χ1) is 10.5. The number of morpholine rings is 1. The Kier molecular flexibility index (Phi) is 6.34. The normalized spacial score (nSPS) is 19.4. The van der Waals surface area contributed by atoms with Crippen LogP contribution >= 0.6 is 0 Å². The van der Waals surface area contributed by atoms with E-state index in [0.717, 1.165) is 19.6 Å². The third-order valence-corrected chi connectivity index (χ3v) is 3.68. The van der Waals surface area contributed by atoms with Gasteiger partial charge in [-0.3, -0.25) is 9.69 Å². The Morgan fingerprint density at radius 1 is 1.45 bits per heavy atom. The zero-order valence-electron chi connectivity index (χ0n) is 13.3. The Balaban J connectivity index is 1.75. The number of nitrogens with zero attached hydrogens (tertiary/aromatic N) is 1. The lowest BCUT2D eigenvalue weighted by Crippen LogP contribution is -2.48. The molecular formula is C17H25FN2O2. The van der Waals surface area contributed by atoms with E-state index in [1.807, 2.05) is 0 Å². The number of amides is 1. The van der Waals surface area contributed by atoms with Crippen molar-refractivity contribution in [1.29, 1.82) is 0 Å². The van der Waals surface area contributed by atoms with Gasteiger partial charge < -0.3 is 10.1 Å². The highest BCUT2D eigenvalue weighted by Gasteiger charge is 2.21. The summed E-state index contributed by atoms with van der Waals surface area (Å²) in [6, 6.07) is 6.36. The fourth-order valence-corrected chi connectivity index (χ4v) is 2.69. The van der Waals surface area contributed by atoms with E-state index in [0.29, 0.717) is 24.6 Å². The zero-order chi connectivity index (χ0) is 15.9. The van der Waals surface area contributed by atoms with E-state index in [1.165, 1.54) is 6.07 Å². The van der Waals surface area contributed by atoms with Crippen molar-refractivity contribution in [3.63, 3.8) is 0 Å². The standard InChI is InChI=1S/C17H25FN2O2/c1-13(2)11-20-7-8-22-15(12-20)10-19-17(21)9-14-5-3-4-6-16(14)18/h3-6,13,15H,7-12H2,1-2H3,(H,19,21)/t15-/m1/s1. The number of ether oxygens (including phenoxy) is 1. The molecule has 2 rings (SSSR count). The topological polar surface area (TPSA) is 41.6 Å². The molecule has 1 atom stereocenters. The zero-order valence-corrected chi connectivity index (χ0v) is 13.3. The van der Waals surface area contributed by atoms with Crippen LogP contribution in [0.3, 0.4) is 0 Å². The summed E-state index contributed by atoms with van der Waals surface area (Å²) in [4.78, 5) is 14.3. The lowest BCUT2D eigenvalue weighted by atomic mass is 10.1. The molecule has 0 bridgehead atoms. The van der Waals surface area contributed by atoms with E-state index in [2.05, 4.69) is 24.1 Å². The van der Waals surface area contributed by atoms with Gasteiger partial charge >= 0.3 is 0 Å². The minimum Gasteiger partial charge on any atom is -0.374 e. The fourth-order valence-electron chi connectivity index (χ4n) is 2.69. The maximum atomic E-state index is 13.5. The van der Waals surface area contributed by atoms with Gasteiger partial charge in [-0.2, -0.15) is 0 Å². The molecule has 1 aliphatic heterocycles. The Morgan fingerprint density at radius 2 is 2.23 bits per heavy atom. The number of nitrogens with one attached hydrogen (secondary N) is 1. The molecule has 0 radical (unpaired) electrons. The molecule has 1 aromatic rings. The highest BCUT2D eigenvalue weighted by atomic mass is 19.1. The van der Waals surface area contributed by atoms with E-state index < -0.39 is 0 Å². The van der Waals surface area contributed by atoms with Crippen molar-refractivity contribution < 1.29 is 13.9 Å². The summed E-state index contributed by atoms with van der Waals surface area (Å²) in [6.07, 6.45) is 0.0758. The van der Waals surface area contributed by atoms with Crippen molar-refractivity contribution in [2.75, 3.05) is 32.8 Å². The highest BCUT2D eigenvalue weighted by Crippen LogP contribution is 2.09. The molecule has 4 nitrogen and oxygen atoms in total. The van der Waals surface area contributed by atoms with Gasteiger partial charge in [0.05, 0.1) is 19.1 Å². The molecule has 0 unspecified atom stereocenters. The first kappa shape index (κ1) is 16.9. The molecule has 1 heterocycles. The number of hydrogen-bond donors (Lipinski definition) is 1. The molecule has 22 heavy (non-hydrogen) atoms. The molecule has 0 aromatic heterocycles. The molecule has 122 valence electrons. The predicted octanol–water partition coefficient (Wildman–Crippen LogP) is 1.84. The molecule has 1 aliphatic rings. The van der Waals surface area contributed by atoms with Crippen molar-refractivity contribution in [1.82, 2.24) is 10.2 Å². The lowest BCUT2D eigenvalue weighted by molar-refractivity contribution is -0.121. The molecule has 1 aromatic carbocycles. The first-order valence-electron chi connectivity index (χ1n) is 7.88. The van der Waals surface area contributed by atoms with Gasteiger partial charge in [0.25, 0.3) is 0 Å². The summed E-state index contributed by atoms with van der Waals surface area (Å²) in [5.74, 6) is 0.110. The lowest BCUT2D eigenvalue weighted by Gasteiger charge is -2.33. The molecule has 1 fully saturated rings. The van der Waals surface area contributed by atoms with Crippen molar-refractivity contribution in [3.05, 3.63) is 35.6 Å². The van der Waals surface area contributed by atoms with Crippen molar-refractivity contribution >= 4 is 5.91 Å². The van der Waals surface area contributed by atoms with E-state index in [9.17, 15) is 9.18 Å². The number of carbonyl (C=O) groups is 1. The molecule has 0 spiro atoms. The largest absolute Gasteiger partial charge is 0.374 e. The summed E-state index contributed by atoms with van der Waals surface area (Å²) in [5.41, 5.74) is 0.422. The van der Waals surface area contributed by atoms with E-state index in [1.54, 1.807) is 18.2 Å². The minimum atomic E-state index is -0.338. The number of hydrogen-bond acceptors (Lipinski definition) is 3. The third kappa shape index (κ3) is 5.39. The van der Waals surface area contributed by atoms with Crippen LogP contribution in [0, 0.1) is 11.7 Å². The van der Waals surface area contributed by atoms with Crippen LogP contribution in [0.4, 0.5) is 4.39 Å². The number of benzene rings is 1.